The molecule has 0 radical (unpaired) electrons. The second-order valence-electron chi connectivity index (χ2n) is 6.36. The van der Waals surface area contributed by atoms with Gasteiger partial charge >= 0.3 is 0 Å². The largest absolute Gasteiger partial charge is 0.496 e. The summed E-state index contributed by atoms with van der Waals surface area (Å²) in [6, 6.07) is 22.4. The van der Waals surface area contributed by atoms with Gasteiger partial charge in [-0.1, -0.05) is 24.3 Å². The SMILES string of the molecule is COc1cc2ccccc2cc1C(=O)Nc1ccc(-c2ccc(CO)o2)cc1. The topological polar surface area (TPSA) is 71.7 Å². The molecule has 28 heavy (non-hydrogen) atoms. The van der Waals surface area contributed by atoms with Gasteiger partial charge in [-0.25, -0.2) is 0 Å². The van der Waals surface area contributed by atoms with E-state index in [-0.39, 0.29) is 12.5 Å². The summed E-state index contributed by atoms with van der Waals surface area (Å²) in [6.45, 7) is -0.137. The molecule has 1 aromatic heterocycles. The normalized spacial score (nSPS) is 10.8. The quantitative estimate of drug-likeness (QED) is 0.524. The van der Waals surface area contributed by atoms with Gasteiger partial charge in [-0.15, -0.1) is 0 Å². The van der Waals surface area contributed by atoms with Crippen molar-refractivity contribution in [1.82, 2.24) is 0 Å². The number of hydrogen-bond acceptors (Lipinski definition) is 4. The maximum absolute atomic E-state index is 12.8. The molecule has 140 valence electrons. The van der Waals surface area contributed by atoms with Crippen molar-refractivity contribution in [3.8, 4) is 17.1 Å². The Hall–Kier alpha value is -3.57. The number of anilines is 1. The lowest BCUT2D eigenvalue weighted by Crippen LogP contribution is -2.13. The highest BCUT2D eigenvalue weighted by Crippen LogP contribution is 2.28. The minimum atomic E-state index is -0.240. The number of ether oxygens (including phenoxy) is 1. The third kappa shape index (κ3) is 3.48. The van der Waals surface area contributed by atoms with Crippen molar-refractivity contribution >= 4 is 22.4 Å². The van der Waals surface area contributed by atoms with E-state index in [1.807, 2.05) is 60.7 Å². The van der Waals surface area contributed by atoms with Crippen molar-refractivity contribution in [2.24, 2.45) is 0 Å². The summed E-state index contributed by atoms with van der Waals surface area (Å²) in [5.74, 6) is 1.46. The third-order valence-electron chi connectivity index (χ3n) is 4.56. The fraction of sp³-hybridized carbons (Fsp3) is 0.0870. The zero-order valence-corrected chi connectivity index (χ0v) is 15.3. The average Bonchev–Trinajstić information content (AvgIpc) is 3.22. The summed E-state index contributed by atoms with van der Waals surface area (Å²) in [5.41, 5.74) is 2.00. The number of carbonyl (C=O) groups is 1. The van der Waals surface area contributed by atoms with Crippen molar-refractivity contribution in [2.45, 2.75) is 6.61 Å². The van der Waals surface area contributed by atoms with Gasteiger partial charge < -0.3 is 19.6 Å². The Morgan fingerprint density at radius 2 is 1.71 bits per heavy atom. The van der Waals surface area contributed by atoms with Crippen LogP contribution in [-0.2, 0) is 6.61 Å². The van der Waals surface area contributed by atoms with E-state index in [2.05, 4.69) is 5.32 Å². The number of aliphatic hydroxyl groups is 1. The van der Waals surface area contributed by atoms with Crippen LogP contribution in [0, 0.1) is 0 Å². The summed E-state index contributed by atoms with van der Waals surface area (Å²) < 4.78 is 10.9. The molecule has 0 fully saturated rings. The van der Waals surface area contributed by atoms with E-state index in [9.17, 15) is 4.79 Å². The highest BCUT2D eigenvalue weighted by atomic mass is 16.5. The van der Waals surface area contributed by atoms with E-state index in [1.165, 1.54) is 0 Å². The Morgan fingerprint density at radius 1 is 1.00 bits per heavy atom. The molecule has 5 heteroatoms. The molecule has 1 amide bonds. The Kier molecular flexibility index (Phi) is 4.83. The van der Waals surface area contributed by atoms with Gasteiger partial charge in [-0.05, 0) is 59.3 Å². The Labute approximate surface area is 162 Å². The highest BCUT2D eigenvalue weighted by Gasteiger charge is 2.14. The minimum Gasteiger partial charge on any atom is -0.496 e. The summed E-state index contributed by atoms with van der Waals surface area (Å²) in [5, 5.41) is 14.0. The zero-order chi connectivity index (χ0) is 19.5. The Bertz CT molecular complexity index is 1130. The number of aliphatic hydroxyl groups excluding tert-OH is 1. The van der Waals surface area contributed by atoms with Gasteiger partial charge in [-0.2, -0.15) is 0 Å². The predicted molar refractivity (Wildman–Crippen MR) is 109 cm³/mol. The number of amides is 1. The van der Waals surface area contributed by atoms with Crippen molar-refractivity contribution in [2.75, 3.05) is 12.4 Å². The summed E-state index contributed by atoms with van der Waals surface area (Å²) >= 11 is 0. The van der Waals surface area contributed by atoms with Crippen LogP contribution in [0.3, 0.4) is 0 Å². The van der Waals surface area contributed by atoms with Gasteiger partial charge in [-0.3, -0.25) is 4.79 Å². The fourth-order valence-electron chi connectivity index (χ4n) is 3.10. The van der Waals surface area contributed by atoms with E-state index in [0.29, 0.717) is 28.5 Å². The summed E-state index contributed by atoms with van der Waals surface area (Å²) in [7, 11) is 1.56. The maximum atomic E-state index is 12.8. The molecule has 1 heterocycles. The highest BCUT2D eigenvalue weighted by molar-refractivity contribution is 6.08. The molecule has 4 rings (SSSR count). The molecular formula is C23H19NO4. The van der Waals surface area contributed by atoms with Crippen molar-refractivity contribution in [1.29, 1.82) is 0 Å². The number of fused-ring (bicyclic) bond motifs is 1. The molecule has 5 nitrogen and oxygen atoms in total. The monoisotopic (exact) mass is 373 g/mol. The standard InChI is InChI=1S/C23H19NO4/c1-27-22-13-17-5-3-2-4-16(17)12-20(22)23(26)24-18-8-6-15(7-9-18)21-11-10-19(14-25)28-21/h2-13,25H,14H2,1H3,(H,24,26). The molecule has 2 N–H and O–H groups in total. The van der Waals surface area contributed by atoms with Crippen LogP contribution in [0.1, 0.15) is 16.1 Å². The lowest BCUT2D eigenvalue weighted by atomic mass is 10.1. The smallest absolute Gasteiger partial charge is 0.259 e. The molecule has 0 atom stereocenters. The van der Waals surface area contributed by atoms with Gasteiger partial charge in [0.05, 0.1) is 12.7 Å². The zero-order valence-electron chi connectivity index (χ0n) is 15.3. The predicted octanol–water partition coefficient (Wildman–Crippen LogP) is 4.85. The first-order chi connectivity index (χ1) is 13.7. The van der Waals surface area contributed by atoms with Crippen LogP contribution < -0.4 is 10.1 Å². The van der Waals surface area contributed by atoms with Crippen LogP contribution in [-0.4, -0.2) is 18.1 Å². The number of rotatable bonds is 5. The minimum absolute atomic E-state index is 0.137. The van der Waals surface area contributed by atoms with Crippen molar-refractivity contribution in [3.63, 3.8) is 0 Å². The van der Waals surface area contributed by atoms with E-state index in [4.69, 9.17) is 14.3 Å². The second-order valence-corrected chi connectivity index (χ2v) is 6.36. The lowest BCUT2D eigenvalue weighted by Gasteiger charge is -2.11. The van der Waals surface area contributed by atoms with Crippen LogP contribution in [0.25, 0.3) is 22.1 Å². The first-order valence-electron chi connectivity index (χ1n) is 8.86. The molecule has 3 aromatic carbocycles. The number of furan rings is 1. The summed E-state index contributed by atoms with van der Waals surface area (Å²) in [6.07, 6.45) is 0. The number of methoxy groups -OCH3 is 1. The van der Waals surface area contributed by atoms with E-state index in [1.54, 1.807) is 19.2 Å². The second kappa shape index (κ2) is 7.58. The molecule has 0 aliphatic rings. The molecule has 4 aromatic rings. The van der Waals surface area contributed by atoms with E-state index >= 15 is 0 Å². The van der Waals surface area contributed by atoms with Crippen LogP contribution >= 0.6 is 0 Å². The van der Waals surface area contributed by atoms with Gasteiger partial charge in [0.15, 0.2) is 0 Å². The van der Waals surface area contributed by atoms with Crippen LogP contribution in [0.2, 0.25) is 0 Å². The first-order valence-corrected chi connectivity index (χ1v) is 8.86. The van der Waals surface area contributed by atoms with E-state index in [0.717, 1.165) is 16.3 Å². The average molecular weight is 373 g/mol. The van der Waals surface area contributed by atoms with E-state index < -0.39 is 0 Å². The molecule has 0 spiro atoms. The molecule has 0 unspecified atom stereocenters. The van der Waals surface area contributed by atoms with Gasteiger partial charge in [0.1, 0.15) is 23.9 Å². The number of hydrogen-bond donors (Lipinski definition) is 2. The molecule has 0 saturated carbocycles. The first kappa shape index (κ1) is 17.8. The molecule has 0 saturated heterocycles. The number of nitrogens with one attached hydrogen (secondary N) is 1. The van der Waals surface area contributed by atoms with Crippen LogP contribution in [0.5, 0.6) is 5.75 Å². The fourth-order valence-corrected chi connectivity index (χ4v) is 3.10. The number of carbonyl (C=O) groups excluding carboxylic acids is 1. The Morgan fingerprint density at radius 3 is 2.36 bits per heavy atom. The summed E-state index contributed by atoms with van der Waals surface area (Å²) in [4.78, 5) is 12.8. The number of benzene rings is 3. The molecular weight excluding hydrogens is 354 g/mol. The molecule has 0 aliphatic carbocycles. The molecule has 0 bridgehead atoms. The third-order valence-corrected chi connectivity index (χ3v) is 4.56. The van der Waals surface area contributed by atoms with Gasteiger partial charge in [0, 0.05) is 11.3 Å². The lowest BCUT2D eigenvalue weighted by molar-refractivity contribution is 0.102. The van der Waals surface area contributed by atoms with Crippen molar-refractivity contribution in [3.05, 3.63) is 84.1 Å². The van der Waals surface area contributed by atoms with Crippen LogP contribution in [0.4, 0.5) is 5.69 Å². The van der Waals surface area contributed by atoms with Crippen LogP contribution in [0.15, 0.2) is 77.2 Å². The maximum Gasteiger partial charge on any atom is 0.259 e. The van der Waals surface area contributed by atoms with Gasteiger partial charge in [0.25, 0.3) is 5.91 Å². The van der Waals surface area contributed by atoms with Crippen molar-refractivity contribution < 1.29 is 19.1 Å². The van der Waals surface area contributed by atoms with Gasteiger partial charge in [0.2, 0.25) is 0 Å². The Balaban J connectivity index is 1.57. The molecule has 0 aliphatic heterocycles.